The van der Waals surface area contributed by atoms with E-state index in [9.17, 15) is 51.5 Å². The number of hydrogen-bond acceptors (Lipinski definition) is 13. The van der Waals surface area contributed by atoms with Crippen molar-refractivity contribution < 1.29 is 70.5 Å². The summed E-state index contributed by atoms with van der Waals surface area (Å²) in [7, 11) is 0. The first kappa shape index (κ1) is 91.3. The molecule has 0 saturated carbocycles. The summed E-state index contributed by atoms with van der Waals surface area (Å²) in [5.74, 6) is -2.73. The van der Waals surface area contributed by atoms with Gasteiger partial charge in [-0.05, 0) is 198 Å². The molecule has 11 aromatic rings. The number of amides is 8. The van der Waals surface area contributed by atoms with Crippen LogP contribution in [0.3, 0.4) is 0 Å². The maximum absolute atomic E-state index is 12.8. The predicted molar refractivity (Wildman–Crippen MR) is 458 cm³/mol. The number of alkyl halides is 3. The van der Waals surface area contributed by atoms with E-state index in [0.717, 1.165) is 77.3 Å². The number of fused-ring (bicyclic) bond motifs is 4. The van der Waals surface area contributed by atoms with Gasteiger partial charge in [-0.15, -0.1) is 0 Å². The highest BCUT2D eigenvalue weighted by atomic mass is 79.9. The number of pyridine rings is 1. The minimum atomic E-state index is -5.04. The van der Waals surface area contributed by atoms with Crippen LogP contribution >= 0.6 is 79.6 Å². The number of halogens is 8. The van der Waals surface area contributed by atoms with E-state index in [1.54, 1.807) is 132 Å². The number of nitrogens with zero attached hydrogens (tertiary/aromatic N) is 1. The molecule has 0 saturated heterocycles. The molecule has 33 heteroatoms. The van der Waals surface area contributed by atoms with Crippen molar-refractivity contribution in [1.29, 1.82) is 0 Å². The lowest BCUT2D eigenvalue weighted by molar-refractivity contribution is -0.174. The first-order valence-corrected chi connectivity index (χ1v) is 40.3. The van der Waals surface area contributed by atoms with Gasteiger partial charge in [-0.3, -0.25) is 24.2 Å². The Balaban J connectivity index is 0.000000193. The molecule has 0 radical (unpaired) electrons. The summed E-state index contributed by atoms with van der Waals surface area (Å²) in [6.45, 7) is 21.5. The van der Waals surface area contributed by atoms with E-state index >= 15 is 0 Å². The van der Waals surface area contributed by atoms with Crippen LogP contribution in [0, 0.1) is 0 Å². The molecule has 0 spiro atoms. The lowest BCUT2D eigenvalue weighted by atomic mass is 10.0. The van der Waals surface area contributed by atoms with Crippen LogP contribution in [0.2, 0.25) is 0 Å². The van der Waals surface area contributed by atoms with Crippen molar-refractivity contribution >= 4 is 171 Å². The fraction of sp³-hybridized carbons (Fsp3) is 0.313. The molecule has 0 aliphatic carbocycles. The van der Waals surface area contributed by atoms with Gasteiger partial charge in [-0.2, -0.15) is 13.2 Å². The molecular formula is C83H91Br5F3N13O12. The minimum absolute atomic E-state index is 0.136. The van der Waals surface area contributed by atoms with Gasteiger partial charge in [-0.1, -0.05) is 110 Å². The molecule has 616 valence electrons. The molecule has 0 fully saturated rings. The second-order valence-electron chi connectivity index (χ2n) is 30.4. The number of hydrogen-bond donors (Lipinski definition) is 12. The normalized spacial score (nSPS) is 12.6. The van der Waals surface area contributed by atoms with Crippen LogP contribution in [-0.4, -0.2) is 128 Å². The number of rotatable bonds is 20. The van der Waals surface area contributed by atoms with Crippen molar-refractivity contribution in [3.05, 3.63) is 238 Å². The van der Waals surface area contributed by atoms with Crippen molar-refractivity contribution in [3.63, 3.8) is 0 Å². The van der Waals surface area contributed by atoms with Crippen LogP contribution in [0.15, 0.2) is 199 Å². The first-order chi connectivity index (χ1) is 54.4. The number of ether oxygens (including phenoxy) is 4. The highest BCUT2D eigenvalue weighted by molar-refractivity contribution is 9.11. The highest BCUT2D eigenvalue weighted by Crippen LogP contribution is 2.33. The van der Waals surface area contributed by atoms with Crippen LogP contribution in [-0.2, 0) is 35.0 Å². The fourth-order valence-corrected chi connectivity index (χ4v) is 13.1. The van der Waals surface area contributed by atoms with Gasteiger partial charge in [0.25, 0.3) is 11.8 Å². The molecule has 6 aromatic carbocycles. The number of alkyl carbamates (subject to hydrolysis) is 4. The van der Waals surface area contributed by atoms with Crippen LogP contribution in [0.4, 0.5) is 32.3 Å². The molecular weight excluding hydrogens is 1830 g/mol. The second kappa shape index (κ2) is 40.6. The van der Waals surface area contributed by atoms with E-state index in [2.05, 4.69) is 142 Å². The van der Waals surface area contributed by atoms with Gasteiger partial charge < -0.3 is 81.4 Å². The topological polar surface area (TPSA) is 346 Å². The van der Waals surface area contributed by atoms with Crippen LogP contribution in [0.5, 0.6) is 0 Å². The summed E-state index contributed by atoms with van der Waals surface area (Å²) in [6, 6.07) is 40.4. The number of benzene rings is 6. The molecule has 4 unspecified atom stereocenters. The summed E-state index contributed by atoms with van der Waals surface area (Å²) in [5, 5.41) is 25.1. The van der Waals surface area contributed by atoms with Crippen LogP contribution in [0.1, 0.15) is 156 Å². The fourth-order valence-electron chi connectivity index (χ4n) is 11.4. The predicted octanol–water partition coefficient (Wildman–Crippen LogP) is 19.0. The Hall–Kier alpha value is -10.2. The standard InChI is InChI=1S/C23H25Br2N3O3.C22H24BrN3O3.C21H23BrN4O3.C17H19BrF3N3O3/c1-23(2,3)31-22(30)27-13-20(18-12-26-19-9-8-16(25)11-17(18)19)28-21(29)10-14-4-6-15(24)7-5-14;1-22(2,3)29-21(28)25-13-19(26-20(27)14-7-5-4-6-8-14)17-12-24-18-10-9-15(23)11-16(17)18;1-21(2,3)29-20(28)25-12-18(26-19(27)13-5-4-8-23-10-13)16-11-24-17-7-6-14(22)9-15(16)17;1-16(2,3)27-15(26)23-8-13(24-14(25)17(19,20)21)11-7-22-12-5-4-9(18)6-10(11)12/h4-9,11-12,20,26H,10,13H2,1-3H3,(H,27,30)(H,28,29);4-12,19,24H,13H2,1-3H3,(H,25,28)(H,26,27);4-11,18,24H,12H2,1-3H3,(H,25,28)(H,26,27);4-7,13,22H,8H2,1-3H3,(H,23,26)(H,24,25). The minimum Gasteiger partial charge on any atom is -0.444 e. The molecule has 5 aromatic heterocycles. The van der Waals surface area contributed by atoms with Crippen LogP contribution < -0.4 is 42.5 Å². The van der Waals surface area contributed by atoms with Gasteiger partial charge in [-0.25, -0.2) is 19.2 Å². The van der Waals surface area contributed by atoms with E-state index in [0.29, 0.717) is 27.6 Å². The number of carbonyl (C=O) groups is 8. The molecule has 116 heavy (non-hydrogen) atoms. The van der Waals surface area contributed by atoms with Gasteiger partial charge in [0, 0.05) is 157 Å². The van der Waals surface area contributed by atoms with Gasteiger partial charge in [0.2, 0.25) is 5.91 Å². The van der Waals surface area contributed by atoms with E-state index in [-0.39, 0.29) is 50.3 Å². The van der Waals surface area contributed by atoms with E-state index < -0.39 is 83.0 Å². The maximum atomic E-state index is 12.8. The lowest BCUT2D eigenvalue weighted by Gasteiger charge is -2.23. The number of nitrogens with one attached hydrogen (secondary N) is 12. The molecule has 0 aliphatic heterocycles. The molecule has 11 rings (SSSR count). The first-order valence-electron chi connectivity index (χ1n) is 36.3. The summed E-state index contributed by atoms with van der Waals surface area (Å²) >= 11 is 17.2. The molecule has 5 heterocycles. The Kier molecular flexibility index (Phi) is 31.9. The van der Waals surface area contributed by atoms with Crippen LogP contribution in [0.25, 0.3) is 43.6 Å². The smallest absolute Gasteiger partial charge is 0.444 e. The number of H-pyrrole nitrogens is 4. The van der Waals surface area contributed by atoms with Crippen molar-refractivity contribution in [2.45, 2.75) is 142 Å². The van der Waals surface area contributed by atoms with Crippen molar-refractivity contribution in [3.8, 4) is 0 Å². The summed E-state index contributed by atoms with van der Waals surface area (Å²) in [4.78, 5) is 115. The van der Waals surface area contributed by atoms with Gasteiger partial charge in [0.05, 0.1) is 36.2 Å². The van der Waals surface area contributed by atoms with Crippen molar-refractivity contribution in [2.24, 2.45) is 0 Å². The lowest BCUT2D eigenvalue weighted by Crippen LogP contribution is -2.44. The molecule has 12 N–H and O–H groups in total. The average molecular weight is 1920 g/mol. The van der Waals surface area contributed by atoms with Gasteiger partial charge >= 0.3 is 36.5 Å². The zero-order chi connectivity index (χ0) is 85.0. The Morgan fingerprint density at radius 2 is 0.681 bits per heavy atom. The number of carbonyl (C=O) groups excluding carboxylic acids is 8. The molecule has 4 atom stereocenters. The second-order valence-corrected chi connectivity index (χ2v) is 35.0. The zero-order valence-electron chi connectivity index (χ0n) is 65.5. The highest BCUT2D eigenvalue weighted by Gasteiger charge is 2.40. The summed E-state index contributed by atoms with van der Waals surface area (Å²) in [6.07, 6.45) is 2.94. The summed E-state index contributed by atoms with van der Waals surface area (Å²) < 4.78 is 63.7. The van der Waals surface area contributed by atoms with Crippen molar-refractivity contribution in [1.82, 2.24) is 67.5 Å². The zero-order valence-corrected chi connectivity index (χ0v) is 73.4. The Morgan fingerprint density at radius 3 is 0.991 bits per heavy atom. The molecule has 25 nitrogen and oxygen atoms in total. The van der Waals surface area contributed by atoms with E-state index in [4.69, 9.17) is 18.9 Å². The summed E-state index contributed by atoms with van der Waals surface area (Å²) in [5.41, 5.74) is 5.85. The Morgan fingerprint density at radius 1 is 0.379 bits per heavy atom. The van der Waals surface area contributed by atoms with Gasteiger partial charge in [0.1, 0.15) is 22.4 Å². The van der Waals surface area contributed by atoms with Gasteiger partial charge in [0.15, 0.2) is 0 Å². The van der Waals surface area contributed by atoms with E-state index in [1.807, 2.05) is 121 Å². The Bertz CT molecular complexity index is 5060. The van der Waals surface area contributed by atoms with Crippen molar-refractivity contribution in [2.75, 3.05) is 26.2 Å². The molecule has 8 amide bonds. The average Bonchev–Trinajstić information content (AvgIpc) is 1.67. The molecule has 0 bridgehead atoms. The third-order valence-corrected chi connectivity index (χ3v) is 18.9. The quantitative estimate of drug-likeness (QED) is 0.0316. The molecule has 0 aliphatic rings. The number of aromatic amines is 4. The number of aromatic nitrogens is 5. The SMILES string of the molecule is CC(C)(C)OC(=O)NCC(NC(=O)C(F)(F)F)c1c[nH]c2ccc(Br)cc12.CC(C)(C)OC(=O)NCC(NC(=O)Cc1ccc(Br)cc1)c1c[nH]c2ccc(Br)cc12.CC(C)(C)OC(=O)NCC(NC(=O)c1ccccc1)c1c[nH]c2ccc(Br)cc12.CC(C)(C)OC(=O)NCC(NC(=O)c1cccnc1)c1c[nH]c2ccc(Br)cc12. The van der Waals surface area contributed by atoms with E-state index in [1.165, 1.54) is 12.4 Å². The third kappa shape index (κ3) is 29.2. The maximum Gasteiger partial charge on any atom is 0.471 e. The monoisotopic (exact) mass is 1910 g/mol. The largest absolute Gasteiger partial charge is 0.471 e. The Labute approximate surface area is 710 Å². The third-order valence-electron chi connectivity index (χ3n) is 16.3.